The van der Waals surface area contributed by atoms with E-state index in [1.54, 1.807) is 39.8 Å². The number of nitrogens with zero attached hydrogens (tertiary/aromatic N) is 1. The third-order valence-corrected chi connectivity index (χ3v) is 4.30. The van der Waals surface area contributed by atoms with E-state index < -0.39 is 17.7 Å². The number of carbonyl (C=O) groups excluding carboxylic acids is 2. The molecule has 1 aliphatic heterocycles. The van der Waals surface area contributed by atoms with Gasteiger partial charge in [-0.2, -0.15) is 0 Å². The molecule has 0 aromatic heterocycles. The summed E-state index contributed by atoms with van der Waals surface area (Å²) < 4.78 is 5.38. The molecule has 1 heterocycles. The van der Waals surface area contributed by atoms with E-state index in [0.29, 0.717) is 34.9 Å². The van der Waals surface area contributed by atoms with Crippen LogP contribution in [0.5, 0.6) is 0 Å². The van der Waals surface area contributed by atoms with Crippen LogP contribution in [0.15, 0.2) is 12.1 Å². The molecule has 0 spiro atoms. The first-order valence-electron chi connectivity index (χ1n) is 8.95. The highest BCUT2D eigenvalue weighted by atomic mass is 35.5. The molecule has 7 heteroatoms. The number of ether oxygens (including phenoxy) is 1. The van der Waals surface area contributed by atoms with Gasteiger partial charge in [-0.3, -0.25) is 9.69 Å². The van der Waals surface area contributed by atoms with Crippen LogP contribution >= 0.6 is 11.6 Å². The van der Waals surface area contributed by atoms with Gasteiger partial charge < -0.3 is 15.8 Å². The quantitative estimate of drug-likeness (QED) is 0.731. The summed E-state index contributed by atoms with van der Waals surface area (Å²) in [4.78, 5) is 26.3. The number of rotatable bonds is 2. The van der Waals surface area contributed by atoms with Gasteiger partial charge in [-0.15, -0.1) is 0 Å². The Hall–Kier alpha value is -1.95. The summed E-state index contributed by atoms with van der Waals surface area (Å²) >= 11 is 6.01. The van der Waals surface area contributed by atoms with Gasteiger partial charge in [0.25, 0.3) is 0 Å². The van der Waals surface area contributed by atoms with E-state index in [1.165, 1.54) is 4.90 Å². The van der Waals surface area contributed by atoms with Crippen LogP contribution in [0.2, 0.25) is 5.02 Å². The molecule has 1 fully saturated rings. The molecule has 1 unspecified atom stereocenters. The minimum atomic E-state index is -0.599. The molecule has 1 atom stereocenters. The van der Waals surface area contributed by atoms with Gasteiger partial charge in [-0.25, -0.2) is 4.79 Å². The Bertz CT molecular complexity index is 656. The number of nitrogens with one attached hydrogen (secondary N) is 1. The number of anilines is 2. The second-order valence-corrected chi connectivity index (χ2v) is 7.36. The molecule has 1 saturated heterocycles. The number of likely N-dealkylation sites (tertiary alicyclic amines) is 1. The van der Waals surface area contributed by atoms with Crippen molar-refractivity contribution in [1.82, 2.24) is 4.90 Å². The average Bonchev–Trinajstić information content (AvgIpc) is 3.05. The zero-order valence-corrected chi connectivity index (χ0v) is 17.2. The van der Waals surface area contributed by atoms with Crippen molar-refractivity contribution >= 4 is 35.0 Å². The maximum Gasteiger partial charge on any atom is 0.410 e. The lowest BCUT2D eigenvalue weighted by molar-refractivity contribution is -0.120. The summed E-state index contributed by atoms with van der Waals surface area (Å²) in [6.45, 7) is 11.7. The SMILES string of the molecule is CC.Cc1c(Cl)ccc(NC(=O)C2CCCN2C(=O)OC(C)(C)C)c1N. The first kappa shape index (κ1) is 22.1. The molecule has 1 aromatic carbocycles. The highest BCUT2D eigenvalue weighted by Gasteiger charge is 2.36. The van der Waals surface area contributed by atoms with Crippen molar-refractivity contribution in [1.29, 1.82) is 0 Å². The Morgan fingerprint density at radius 3 is 2.50 bits per heavy atom. The van der Waals surface area contributed by atoms with E-state index in [9.17, 15) is 9.59 Å². The lowest BCUT2D eigenvalue weighted by Crippen LogP contribution is -2.45. The molecule has 0 radical (unpaired) electrons. The molecule has 0 aliphatic carbocycles. The van der Waals surface area contributed by atoms with Gasteiger partial charge in [0.1, 0.15) is 11.6 Å². The van der Waals surface area contributed by atoms with Crippen LogP contribution in [0.3, 0.4) is 0 Å². The van der Waals surface area contributed by atoms with Gasteiger partial charge in [0.15, 0.2) is 0 Å². The van der Waals surface area contributed by atoms with Crippen LogP contribution in [-0.4, -0.2) is 35.1 Å². The Morgan fingerprint density at radius 1 is 1.31 bits per heavy atom. The number of carbonyl (C=O) groups is 2. The van der Waals surface area contributed by atoms with Crippen LogP contribution in [0.1, 0.15) is 53.0 Å². The van der Waals surface area contributed by atoms with Gasteiger partial charge in [-0.1, -0.05) is 25.4 Å². The van der Waals surface area contributed by atoms with Crippen LogP contribution in [0.25, 0.3) is 0 Å². The number of halogens is 1. The van der Waals surface area contributed by atoms with Gasteiger partial charge in [0, 0.05) is 11.6 Å². The third-order valence-electron chi connectivity index (χ3n) is 3.89. The van der Waals surface area contributed by atoms with Gasteiger partial charge in [0.05, 0.1) is 11.4 Å². The Labute approximate surface area is 161 Å². The van der Waals surface area contributed by atoms with Crippen molar-refractivity contribution < 1.29 is 14.3 Å². The third kappa shape index (κ3) is 5.53. The zero-order chi connectivity index (χ0) is 20.1. The second kappa shape index (κ2) is 9.12. The molecule has 6 nitrogen and oxygen atoms in total. The zero-order valence-electron chi connectivity index (χ0n) is 16.5. The van der Waals surface area contributed by atoms with Crippen molar-refractivity contribution in [3.63, 3.8) is 0 Å². The molecule has 3 N–H and O–H groups in total. The van der Waals surface area contributed by atoms with E-state index in [4.69, 9.17) is 22.1 Å². The summed E-state index contributed by atoms with van der Waals surface area (Å²) in [5.74, 6) is -0.271. The summed E-state index contributed by atoms with van der Waals surface area (Å²) in [5.41, 5.74) is 7.04. The van der Waals surface area contributed by atoms with Crippen LogP contribution in [0, 0.1) is 6.92 Å². The smallest absolute Gasteiger partial charge is 0.410 e. The Balaban J connectivity index is 0.00000163. The number of amides is 2. The summed E-state index contributed by atoms with van der Waals surface area (Å²) in [6.07, 6.45) is 0.879. The van der Waals surface area contributed by atoms with Crippen LogP contribution < -0.4 is 11.1 Å². The molecular formula is C19H30ClN3O3. The average molecular weight is 384 g/mol. The fraction of sp³-hybridized carbons (Fsp3) is 0.579. The predicted molar refractivity (Wildman–Crippen MR) is 107 cm³/mol. The number of nitrogen functional groups attached to an aromatic ring is 1. The van der Waals surface area contributed by atoms with Crippen molar-refractivity contribution in [3.05, 3.63) is 22.7 Å². The topological polar surface area (TPSA) is 84.7 Å². The number of hydrogen-bond donors (Lipinski definition) is 2. The molecule has 0 bridgehead atoms. The maximum absolute atomic E-state index is 12.6. The molecule has 1 aromatic rings. The second-order valence-electron chi connectivity index (χ2n) is 6.95. The Morgan fingerprint density at radius 2 is 1.92 bits per heavy atom. The highest BCUT2D eigenvalue weighted by Crippen LogP contribution is 2.29. The number of benzene rings is 1. The van der Waals surface area contributed by atoms with E-state index in [2.05, 4.69) is 5.32 Å². The first-order valence-corrected chi connectivity index (χ1v) is 9.33. The molecule has 146 valence electrons. The van der Waals surface area contributed by atoms with E-state index in [0.717, 1.165) is 6.42 Å². The standard InChI is InChI=1S/C17H24ClN3O3.C2H6/c1-10-11(18)7-8-12(14(10)19)20-15(22)13-6-5-9-21(13)16(23)24-17(2,3)4;1-2/h7-8,13H,5-6,9,19H2,1-4H3,(H,20,22);1-2H3. The predicted octanol–water partition coefficient (Wildman–Crippen LogP) is 4.59. The fourth-order valence-corrected chi connectivity index (χ4v) is 2.77. The molecule has 2 rings (SSSR count). The first-order chi connectivity index (χ1) is 12.1. The van der Waals surface area contributed by atoms with Crippen molar-refractivity contribution in [2.24, 2.45) is 0 Å². The normalized spacial score (nSPS) is 16.6. The molecule has 0 saturated carbocycles. The Kier molecular flexibility index (Phi) is 7.75. The minimum absolute atomic E-state index is 0.271. The number of hydrogen-bond acceptors (Lipinski definition) is 4. The minimum Gasteiger partial charge on any atom is -0.444 e. The summed E-state index contributed by atoms with van der Waals surface area (Å²) in [7, 11) is 0. The van der Waals surface area contributed by atoms with Crippen LogP contribution in [-0.2, 0) is 9.53 Å². The number of nitrogens with two attached hydrogens (primary N) is 1. The fourth-order valence-electron chi connectivity index (χ4n) is 2.61. The monoisotopic (exact) mass is 383 g/mol. The lowest BCUT2D eigenvalue weighted by atomic mass is 10.1. The van der Waals surface area contributed by atoms with Gasteiger partial charge >= 0.3 is 6.09 Å². The van der Waals surface area contributed by atoms with Crippen molar-refractivity contribution in [3.8, 4) is 0 Å². The van der Waals surface area contributed by atoms with Gasteiger partial charge in [0.2, 0.25) is 5.91 Å². The highest BCUT2D eigenvalue weighted by molar-refractivity contribution is 6.32. The molecule has 26 heavy (non-hydrogen) atoms. The maximum atomic E-state index is 12.6. The van der Waals surface area contributed by atoms with E-state index in [-0.39, 0.29) is 5.91 Å². The molecular weight excluding hydrogens is 354 g/mol. The molecule has 2 amide bonds. The van der Waals surface area contributed by atoms with Crippen molar-refractivity contribution in [2.45, 2.75) is 66.0 Å². The van der Waals surface area contributed by atoms with Crippen LogP contribution in [0.4, 0.5) is 16.2 Å². The van der Waals surface area contributed by atoms with E-state index in [1.807, 2.05) is 13.8 Å². The summed E-state index contributed by atoms with van der Waals surface area (Å²) in [6, 6.07) is 2.79. The van der Waals surface area contributed by atoms with Crippen molar-refractivity contribution in [2.75, 3.05) is 17.6 Å². The molecule has 1 aliphatic rings. The largest absolute Gasteiger partial charge is 0.444 e. The van der Waals surface area contributed by atoms with E-state index >= 15 is 0 Å². The lowest BCUT2D eigenvalue weighted by Gasteiger charge is -2.28. The van der Waals surface area contributed by atoms with Gasteiger partial charge in [-0.05, 0) is 58.2 Å². The summed E-state index contributed by atoms with van der Waals surface area (Å²) in [5, 5.41) is 3.34.